The number of likely N-dealkylation sites (N-methyl/N-ethyl adjacent to an activating group) is 1. The predicted molar refractivity (Wildman–Crippen MR) is 122 cm³/mol. The third kappa shape index (κ3) is 3.82. The molecule has 0 fully saturated rings. The van der Waals surface area contributed by atoms with Crippen molar-refractivity contribution in [3.63, 3.8) is 0 Å². The molecule has 3 aliphatic heterocycles. The van der Waals surface area contributed by atoms with E-state index in [4.69, 9.17) is 0 Å². The van der Waals surface area contributed by atoms with Crippen LogP contribution in [0.2, 0.25) is 0 Å². The van der Waals surface area contributed by atoms with Gasteiger partial charge < -0.3 is 0 Å². The molecule has 2 aromatic heterocycles. The highest BCUT2D eigenvalue weighted by Crippen LogP contribution is 2.28. The van der Waals surface area contributed by atoms with Crippen LogP contribution in [0.5, 0.6) is 0 Å². The predicted octanol–water partition coefficient (Wildman–Crippen LogP) is 3.81. The molecule has 6 heteroatoms. The summed E-state index contributed by atoms with van der Waals surface area (Å²) in [6.45, 7) is 7.20. The molecule has 2 aromatic rings. The Kier molecular flexibility index (Phi) is 5.00. The lowest BCUT2D eigenvalue weighted by Crippen LogP contribution is -2.30. The van der Waals surface area contributed by atoms with E-state index < -0.39 is 0 Å². The Morgan fingerprint density at radius 1 is 1.16 bits per heavy atom. The van der Waals surface area contributed by atoms with E-state index in [-0.39, 0.29) is 5.91 Å². The number of hydrogen-bond acceptors (Lipinski definition) is 4. The van der Waals surface area contributed by atoms with Crippen LogP contribution in [0.25, 0.3) is 11.1 Å². The third-order valence-corrected chi connectivity index (χ3v) is 5.92. The lowest BCUT2D eigenvalue weighted by atomic mass is 9.97. The van der Waals surface area contributed by atoms with Gasteiger partial charge in [-0.3, -0.25) is 19.6 Å². The second-order valence-corrected chi connectivity index (χ2v) is 7.98. The van der Waals surface area contributed by atoms with Gasteiger partial charge in [-0.2, -0.15) is 5.10 Å². The zero-order valence-electron chi connectivity index (χ0n) is 17.8. The van der Waals surface area contributed by atoms with E-state index in [1.165, 1.54) is 5.57 Å². The molecule has 0 atom stereocenters. The maximum Gasteiger partial charge on any atom is 0.255 e. The van der Waals surface area contributed by atoms with Crippen molar-refractivity contribution in [1.29, 1.82) is 0 Å². The molecule has 0 saturated carbocycles. The van der Waals surface area contributed by atoms with Crippen molar-refractivity contribution in [2.75, 3.05) is 19.6 Å². The molecule has 1 amide bonds. The summed E-state index contributed by atoms with van der Waals surface area (Å²) < 4.78 is 1.80. The first-order valence-electron chi connectivity index (χ1n) is 10.7. The molecule has 3 aliphatic rings. The number of amides is 1. The van der Waals surface area contributed by atoms with E-state index in [0.29, 0.717) is 0 Å². The van der Waals surface area contributed by atoms with Crippen molar-refractivity contribution in [3.05, 3.63) is 95.4 Å². The highest BCUT2D eigenvalue weighted by Gasteiger charge is 2.21. The monoisotopic (exact) mass is 411 g/mol. The van der Waals surface area contributed by atoms with Crippen LogP contribution >= 0.6 is 0 Å². The number of carbonyl (C=O) groups excluding carboxylic acids is 1. The summed E-state index contributed by atoms with van der Waals surface area (Å²) in [6, 6.07) is 1.95. The number of nitrogens with zero attached hydrogens (tertiary/aromatic N) is 5. The van der Waals surface area contributed by atoms with E-state index >= 15 is 0 Å². The Morgan fingerprint density at radius 2 is 2.06 bits per heavy atom. The normalized spacial score (nSPS) is 23.8. The first kappa shape index (κ1) is 19.5. The fourth-order valence-corrected chi connectivity index (χ4v) is 4.08. The van der Waals surface area contributed by atoms with Gasteiger partial charge in [-0.1, -0.05) is 31.2 Å². The van der Waals surface area contributed by atoms with E-state index in [9.17, 15) is 4.79 Å². The lowest BCUT2D eigenvalue weighted by Gasteiger charge is -2.28. The van der Waals surface area contributed by atoms with Crippen LogP contribution in [-0.2, 0) is 4.79 Å². The number of carbonyl (C=O) groups is 1. The highest BCUT2D eigenvalue weighted by atomic mass is 16.2. The summed E-state index contributed by atoms with van der Waals surface area (Å²) >= 11 is 0. The van der Waals surface area contributed by atoms with Gasteiger partial charge in [0.05, 0.1) is 29.3 Å². The number of aryl methyl sites for hydroxylation is 1. The molecule has 31 heavy (non-hydrogen) atoms. The molecule has 0 unspecified atom stereocenters. The molecular formula is C25H25N5O. The summed E-state index contributed by atoms with van der Waals surface area (Å²) in [5, 5.41) is 4.63. The van der Waals surface area contributed by atoms with Gasteiger partial charge in [0, 0.05) is 36.6 Å². The largest absolute Gasteiger partial charge is 0.300 e. The molecule has 0 aromatic carbocycles. The number of aromatic nitrogens is 3. The molecule has 0 saturated heterocycles. The Bertz CT molecular complexity index is 1240. The van der Waals surface area contributed by atoms with Crippen LogP contribution in [0.15, 0.2) is 84.0 Å². The molecule has 0 bridgehead atoms. The molecule has 5 rings (SSSR count). The number of allylic oxidation sites excluding steroid dienone is 7. The van der Waals surface area contributed by atoms with Crippen molar-refractivity contribution >= 4 is 17.0 Å². The van der Waals surface area contributed by atoms with Crippen molar-refractivity contribution in [3.8, 4) is 0 Å². The zero-order chi connectivity index (χ0) is 21.4. The highest BCUT2D eigenvalue weighted by molar-refractivity contribution is 5.99. The van der Waals surface area contributed by atoms with Crippen molar-refractivity contribution in [2.24, 2.45) is 0 Å². The van der Waals surface area contributed by atoms with Crippen molar-refractivity contribution < 1.29 is 4.79 Å². The third-order valence-electron chi connectivity index (χ3n) is 5.92. The maximum absolute atomic E-state index is 13.2. The average Bonchev–Trinajstić information content (AvgIpc) is 3.20. The number of fused-ring (bicyclic) bond motifs is 2. The second kappa shape index (κ2) is 7.96. The van der Waals surface area contributed by atoms with Gasteiger partial charge in [-0.05, 0) is 49.3 Å². The minimum atomic E-state index is -0.0783. The average molecular weight is 412 g/mol. The van der Waals surface area contributed by atoms with Gasteiger partial charge in [0.25, 0.3) is 5.91 Å². The lowest BCUT2D eigenvalue weighted by molar-refractivity contribution is -0.122. The Hall–Kier alpha value is -3.51. The Labute approximate surface area is 181 Å². The van der Waals surface area contributed by atoms with Crippen molar-refractivity contribution in [2.45, 2.75) is 20.3 Å². The van der Waals surface area contributed by atoms with Crippen LogP contribution in [0.4, 0.5) is 0 Å². The SMILES string of the molecule is CCN1CC=C(C2=CN3C(=O)\C=C(c4cc5cnc(C)cn5n4)/C=C/C=C/3C=C2)CC1. The van der Waals surface area contributed by atoms with Gasteiger partial charge in [-0.25, -0.2) is 4.52 Å². The van der Waals surface area contributed by atoms with Gasteiger partial charge in [0.1, 0.15) is 0 Å². The van der Waals surface area contributed by atoms with Crippen LogP contribution in [-0.4, -0.2) is 49.9 Å². The smallest absolute Gasteiger partial charge is 0.255 e. The van der Waals surface area contributed by atoms with Gasteiger partial charge in [0.15, 0.2) is 0 Å². The van der Waals surface area contributed by atoms with Crippen LogP contribution in [0.1, 0.15) is 24.7 Å². The fraction of sp³-hybridized carbons (Fsp3) is 0.240. The molecule has 5 heterocycles. The quantitative estimate of drug-likeness (QED) is 0.771. The molecule has 156 valence electrons. The van der Waals surface area contributed by atoms with E-state index in [2.05, 4.69) is 34.1 Å². The summed E-state index contributed by atoms with van der Waals surface area (Å²) in [4.78, 5) is 21.7. The minimum absolute atomic E-state index is 0.0783. The Balaban J connectivity index is 1.46. The maximum atomic E-state index is 13.2. The second-order valence-electron chi connectivity index (χ2n) is 7.98. The van der Waals surface area contributed by atoms with E-state index in [1.54, 1.807) is 21.7 Å². The van der Waals surface area contributed by atoms with Gasteiger partial charge in [-0.15, -0.1) is 0 Å². The standard InChI is InChI=1S/C25H25N5O/c1-3-28-11-9-19(10-12-28)21-7-8-22-6-4-5-20(13-25(31)29(22)17-21)24-14-23-15-26-18(2)16-30(23)27-24/h4-9,13-17H,3,10-12H2,1-2H3/b5-4+,20-13+,22-6+. The van der Waals surface area contributed by atoms with Crippen LogP contribution in [0.3, 0.4) is 0 Å². The molecular weight excluding hydrogens is 386 g/mol. The summed E-state index contributed by atoms with van der Waals surface area (Å²) in [6.07, 6.45) is 20.6. The van der Waals surface area contributed by atoms with E-state index in [0.717, 1.165) is 59.8 Å². The first-order valence-corrected chi connectivity index (χ1v) is 10.7. The van der Waals surface area contributed by atoms with Gasteiger partial charge in [0.2, 0.25) is 0 Å². The molecule has 0 aliphatic carbocycles. The molecule has 0 radical (unpaired) electrons. The topological polar surface area (TPSA) is 53.7 Å². The zero-order valence-corrected chi connectivity index (χ0v) is 17.8. The van der Waals surface area contributed by atoms with Crippen molar-refractivity contribution in [1.82, 2.24) is 24.4 Å². The first-order chi connectivity index (χ1) is 15.1. The molecule has 0 spiro atoms. The van der Waals surface area contributed by atoms with E-state index in [1.807, 2.05) is 49.7 Å². The summed E-state index contributed by atoms with van der Waals surface area (Å²) in [5.41, 5.74) is 6.59. The Morgan fingerprint density at radius 3 is 2.87 bits per heavy atom. The number of rotatable bonds is 3. The van der Waals surface area contributed by atoms with Gasteiger partial charge >= 0.3 is 0 Å². The molecule has 0 N–H and O–H groups in total. The van der Waals surface area contributed by atoms with Crippen LogP contribution < -0.4 is 0 Å². The minimum Gasteiger partial charge on any atom is -0.300 e. The van der Waals surface area contributed by atoms with Crippen LogP contribution in [0, 0.1) is 6.92 Å². The summed E-state index contributed by atoms with van der Waals surface area (Å²) in [7, 11) is 0. The fourth-order valence-electron chi connectivity index (χ4n) is 4.08. The number of hydrogen-bond donors (Lipinski definition) is 0. The molecule has 6 nitrogen and oxygen atoms in total. The summed E-state index contributed by atoms with van der Waals surface area (Å²) in [5.74, 6) is -0.0783.